The summed E-state index contributed by atoms with van der Waals surface area (Å²) in [7, 11) is 0. The van der Waals surface area contributed by atoms with Crippen molar-refractivity contribution >= 4 is 17.4 Å². The molecule has 5 nitrogen and oxygen atoms in total. The normalized spacial score (nSPS) is 10.5. The Morgan fingerprint density at radius 3 is 2.55 bits per heavy atom. The summed E-state index contributed by atoms with van der Waals surface area (Å²) in [5.41, 5.74) is 1.71. The van der Waals surface area contributed by atoms with E-state index in [1.807, 2.05) is 0 Å². The molecule has 2 aromatic rings. The van der Waals surface area contributed by atoms with E-state index in [1.165, 1.54) is 0 Å². The molecule has 0 spiro atoms. The molecular weight excluding hydrogens is 292 g/mol. The largest absolute Gasteiger partial charge is 0.323 e. The van der Waals surface area contributed by atoms with Crippen molar-refractivity contribution in [2.24, 2.45) is 0 Å². The molecule has 1 aromatic carbocycles. The number of rotatable bonds is 5. The average Bonchev–Trinajstić information content (AvgIpc) is 2.76. The summed E-state index contributed by atoms with van der Waals surface area (Å²) in [5.74, 6) is -2.60. The van der Waals surface area contributed by atoms with Crippen LogP contribution in [-0.4, -0.2) is 21.9 Å². The van der Waals surface area contributed by atoms with E-state index in [0.717, 1.165) is 12.1 Å². The molecule has 0 atom stereocenters. The van der Waals surface area contributed by atoms with E-state index in [4.69, 9.17) is 0 Å². The zero-order valence-electron chi connectivity index (χ0n) is 12.2. The van der Waals surface area contributed by atoms with Gasteiger partial charge in [0.1, 0.15) is 11.6 Å². The van der Waals surface area contributed by atoms with Gasteiger partial charge in [0, 0.05) is 18.9 Å². The lowest BCUT2D eigenvalue weighted by Crippen LogP contribution is -2.15. The van der Waals surface area contributed by atoms with Crippen molar-refractivity contribution in [1.29, 1.82) is 0 Å². The number of hydrogen-bond acceptors (Lipinski definition) is 3. The van der Waals surface area contributed by atoms with Gasteiger partial charge in [0.2, 0.25) is 5.91 Å². The second kappa shape index (κ2) is 6.46. The zero-order chi connectivity index (χ0) is 16.3. The number of benzene rings is 1. The molecule has 7 heteroatoms. The maximum atomic E-state index is 13.5. The maximum absolute atomic E-state index is 13.5. The van der Waals surface area contributed by atoms with Gasteiger partial charge in [-0.25, -0.2) is 8.78 Å². The van der Waals surface area contributed by atoms with Crippen molar-refractivity contribution < 1.29 is 18.4 Å². The molecule has 2 N–H and O–H groups in total. The molecule has 0 radical (unpaired) electrons. The fraction of sp³-hybridized carbons (Fsp3) is 0.267. The molecule has 0 unspecified atom stereocenters. The van der Waals surface area contributed by atoms with Crippen molar-refractivity contribution in [1.82, 2.24) is 10.2 Å². The average molecular weight is 307 g/mol. The second-order valence-electron chi connectivity index (χ2n) is 4.90. The summed E-state index contributed by atoms with van der Waals surface area (Å²) in [6.07, 6.45) is -0.260. The van der Waals surface area contributed by atoms with Crippen LogP contribution in [0.25, 0.3) is 0 Å². The highest BCUT2D eigenvalue weighted by Crippen LogP contribution is 2.17. The van der Waals surface area contributed by atoms with Crippen LogP contribution in [0, 0.1) is 25.5 Å². The van der Waals surface area contributed by atoms with Gasteiger partial charge in [-0.05, 0) is 26.0 Å². The van der Waals surface area contributed by atoms with E-state index in [2.05, 4.69) is 15.5 Å². The number of aromatic nitrogens is 2. The summed E-state index contributed by atoms with van der Waals surface area (Å²) < 4.78 is 26.3. The Morgan fingerprint density at radius 1 is 1.23 bits per heavy atom. The van der Waals surface area contributed by atoms with E-state index >= 15 is 0 Å². The zero-order valence-corrected chi connectivity index (χ0v) is 12.2. The third-order valence-electron chi connectivity index (χ3n) is 3.20. The van der Waals surface area contributed by atoms with Gasteiger partial charge in [0.15, 0.2) is 5.78 Å². The molecule has 2 rings (SSSR count). The van der Waals surface area contributed by atoms with Crippen molar-refractivity contribution in [3.8, 4) is 0 Å². The van der Waals surface area contributed by atoms with Gasteiger partial charge in [-0.15, -0.1) is 0 Å². The van der Waals surface area contributed by atoms with Crippen molar-refractivity contribution in [2.75, 3.05) is 5.32 Å². The van der Waals surface area contributed by atoms with Crippen LogP contribution in [0.4, 0.5) is 14.5 Å². The molecule has 22 heavy (non-hydrogen) atoms. The number of halogens is 2. The van der Waals surface area contributed by atoms with Gasteiger partial charge in [-0.1, -0.05) is 0 Å². The molecule has 1 aromatic heterocycles. The predicted octanol–water partition coefficient (Wildman–Crippen LogP) is 2.91. The van der Waals surface area contributed by atoms with Crippen LogP contribution in [0.15, 0.2) is 18.2 Å². The lowest BCUT2D eigenvalue weighted by Gasteiger charge is -2.05. The van der Waals surface area contributed by atoms with Gasteiger partial charge in [0.05, 0.1) is 22.6 Å². The second-order valence-corrected chi connectivity index (χ2v) is 4.90. The number of H-pyrrole nitrogens is 1. The predicted molar refractivity (Wildman–Crippen MR) is 76.6 cm³/mol. The molecule has 0 bridgehead atoms. The summed E-state index contributed by atoms with van der Waals surface area (Å²) in [4.78, 5) is 23.7. The first kappa shape index (κ1) is 15.8. The van der Waals surface area contributed by atoms with Crippen LogP contribution in [0.5, 0.6) is 0 Å². The van der Waals surface area contributed by atoms with Crippen LogP contribution < -0.4 is 5.32 Å². The molecule has 0 aliphatic rings. The van der Waals surface area contributed by atoms with E-state index in [1.54, 1.807) is 13.8 Å². The molecule has 1 heterocycles. The van der Waals surface area contributed by atoms with Crippen LogP contribution in [0.1, 0.15) is 34.6 Å². The SMILES string of the molecule is Cc1n[nH]c(C)c1NC(=O)CCC(=O)c1ccc(F)cc1F. The van der Waals surface area contributed by atoms with Crippen molar-refractivity contribution in [2.45, 2.75) is 26.7 Å². The van der Waals surface area contributed by atoms with Crippen LogP contribution in [-0.2, 0) is 4.79 Å². The van der Waals surface area contributed by atoms with E-state index < -0.39 is 17.4 Å². The number of Topliss-reactive ketones (excluding diaryl/α,β-unsaturated/α-hetero) is 1. The number of aryl methyl sites for hydroxylation is 2. The molecule has 0 aliphatic carbocycles. The highest BCUT2D eigenvalue weighted by molar-refractivity contribution is 6.00. The molecule has 116 valence electrons. The third kappa shape index (κ3) is 3.55. The first-order chi connectivity index (χ1) is 10.4. The first-order valence-electron chi connectivity index (χ1n) is 6.68. The highest BCUT2D eigenvalue weighted by atomic mass is 19.1. The molecule has 0 saturated heterocycles. The Kier molecular flexibility index (Phi) is 4.65. The third-order valence-corrected chi connectivity index (χ3v) is 3.20. The summed E-state index contributed by atoms with van der Waals surface area (Å²) in [6, 6.07) is 2.73. The molecular formula is C15H15F2N3O2. The number of anilines is 1. The number of aromatic amines is 1. The Labute approximate surface area is 125 Å². The monoisotopic (exact) mass is 307 g/mol. The molecule has 0 saturated carbocycles. The number of nitrogens with one attached hydrogen (secondary N) is 2. The topological polar surface area (TPSA) is 74.8 Å². The maximum Gasteiger partial charge on any atom is 0.224 e. The smallest absolute Gasteiger partial charge is 0.224 e. The molecule has 0 fully saturated rings. The standard InChI is InChI=1S/C15H15F2N3O2/c1-8-15(9(2)20-19-8)18-14(22)6-5-13(21)11-4-3-10(16)7-12(11)17/h3-4,7H,5-6H2,1-2H3,(H,18,22)(H,19,20). The summed E-state index contributed by atoms with van der Waals surface area (Å²) in [5, 5.41) is 9.32. The van der Waals surface area contributed by atoms with Crippen LogP contribution in [0.2, 0.25) is 0 Å². The number of nitrogens with zero attached hydrogens (tertiary/aromatic N) is 1. The lowest BCUT2D eigenvalue weighted by molar-refractivity contribution is -0.116. The van der Waals surface area contributed by atoms with Gasteiger partial charge in [-0.3, -0.25) is 14.7 Å². The number of carbonyl (C=O) groups excluding carboxylic acids is 2. The van der Waals surface area contributed by atoms with E-state index in [0.29, 0.717) is 23.1 Å². The minimum absolute atomic E-state index is 0.0975. The number of ketones is 1. The van der Waals surface area contributed by atoms with Gasteiger partial charge < -0.3 is 5.32 Å². The van der Waals surface area contributed by atoms with E-state index in [9.17, 15) is 18.4 Å². The van der Waals surface area contributed by atoms with Gasteiger partial charge >= 0.3 is 0 Å². The number of carbonyl (C=O) groups is 2. The van der Waals surface area contributed by atoms with Crippen molar-refractivity contribution in [3.05, 3.63) is 46.8 Å². The summed E-state index contributed by atoms with van der Waals surface area (Å²) in [6.45, 7) is 3.49. The minimum Gasteiger partial charge on any atom is -0.323 e. The lowest BCUT2D eigenvalue weighted by atomic mass is 10.1. The fourth-order valence-electron chi connectivity index (χ4n) is 2.01. The van der Waals surface area contributed by atoms with Crippen molar-refractivity contribution in [3.63, 3.8) is 0 Å². The molecule has 0 aliphatic heterocycles. The van der Waals surface area contributed by atoms with Crippen LogP contribution >= 0.6 is 0 Å². The number of hydrogen-bond donors (Lipinski definition) is 2. The quantitative estimate of drug-likeness (QED) is 0.834. The van der Waals surface area contributed by atoms with Gasteiger partial charge in [0.25, 0.3) is 0 Å². The Hall–Kier alpha value is -2.57. The minimum atomic E-state index is -0.924. The summed E-state index contributed by atoms with van der Waals surface area (Å²) >= 11 is 0. The fourth-order valence-corrected chi connectivity index (χ4v) is 2.01. The Morgan fingerprint density at radius 2 is 1.95 bits per heavy atom. The molecule has 1 amide bonds. The highest BCUT2D eigenvalue weighted by Gasteiger charge is 2.15. The van der Waals surface area contributed by atoms with Gasteiger partial charge in [-0.2, -0.15) is 5.10 Å². The first-order valence-corrected chi connectivity index (χ1v) is 6.68. The Balaban J connectivity index is 1.95. The van der Waals surface area contributed by atoms with E-state index in [-0.39, 0.29) is 24.3 Å². The Bertz CT molecular complexity index is 706. The number of amides is 1. The van der Waals surface area contributed by atoms with Crippen LogP contribution in [0.3, 0.4) is 0 Å².